The highest BCUT2D eigenvalue weighted by Crippen LogP contribution is 2.15. The summed E-state index contributed by atoms with van der Waals surface area (Å²) in [7, 11) is 1.89. The molecule has 4 heteroatoms. The van der Waals surface area contributed by atoms with Crippen molar-refractivity contribution in [3.05, 3.63) is 17.7 Å². The van der Waals surface area contributed by atoms with Crippen LogP contribution < -0.4 is 10.6 Å². The summed E-state index contributed by atoms with van der Waals surface area (Å²) in [5.74, 6) is 1.28. The molecule has 1 rings (SSSR count). The predicted octanol–water partition coefficient (Wildman–Crippen LogP) is 1.75. The molecule has 0 atom stereocenters. The van der Waals surface area contributed by atoms with Crippen LogP contribution in [0.1, 0.15) is 38.2 Å². The fourth-order valence-corrected chi connectivity index (χ4v) is 1.30. The first kappa shape index (κ1) is 11.9. The molecule has 0 spiro atoms. The van der Waals surface area contributed by atoms with Crippen LogP contribution in [-0.2, 0) is 6.54 Å². The number of hydrogen-bond acceptors (Lipinski definition) is 4. The van der Waals surface area contributed by atoms with Gasteiger partial charge in [0.15, 0.2) is 0 Å². The highest BCUT2D eigenvalue weighted by Gasteiger charge is 2.07. The molecule has 0 radical (unpaired) electrons. The van der Waals surface area contributed by atoms with E-state index in [1.807, 2.05) is 13.2 Å². The molecule has 1 aromatic heterocycles. The van der Waals surface area contributed by atoms with E-state index in [0.717, 1.165) is 30.3 Å². The molecule has 84 valence electrons. The first-order valence-corrected chi connectivity index (χ1v) is 5.43. The Labute approximate surface area is 91.5 Å². The fraction of sp³-hybridized carbons (Fsp3) is 0.636. The Morgan fingerprint density at radius 2 is 2.13 bits per heavy atom. The predicted molar refractivity (Wildman–Crippen MR) is 63.0 cm³/mol. The van der Waals surface area contributed by atoms with E-state index in [0.29, 0.717) is 5.92 Å². The summed E-state index contributed by atoms with van der Waals surface area (Å²) in [4.78, 5) is 8.86. The zero-order chi connectivity index (χ0) is 11.3. The van der Waals surface area contributed by atoms with Gasteiger partial charge in [0, 0.05) is 19.5 Å². The van der Waals surface area contributed by atoms with Gasteiger partial charge < -0.3 is 10.6 Å². The monoisotopic (exact) mass is 208 g/mol. The minimum atomic E-state index is 0.372. The third kappa shape index (κ3) is 3.16. The van der Waals surface area contributed by atoms with Crippen molar-refractivity contribution < 1.29 is 0 Å². The van der Waals surface area contributed by atoms with E-state index in [9.17, 15) is 0 Å². The lowest BCUT2D eigenvalue weighted by Gasteiger charge is -2.11. The van der Waals surface area contributed by atoms with Gasteiger partial charge in [-0.25, -0.2) is 9.97 Å². The molecular weight excluding hydrogens is 188 g/mol. The number of rotatable bonds is 5. The Balaban J connectivity index is 2.91. The number of anilines is 1. The van der Waals surface area contributed by atoms with Gasteiger partial charge in [-0.15, -0.1) is 0 Å². The van der Waals surface area contributed by atoms with Gasteiger partial charge in [-0.05, 0) is 6.54 Å². The molecule has 0 saturated carbocycles. The summed E-state index contributed by atoms with van der Waals surface area (Å²) in [6.45, 7) is 8.03. The molecule has 0 bridgehead atoms. The van der Waals surface area contributed by atoms with Crippen LogP contribution in [0.3, 0.4) is 0 Å². The van der Waals surface area contributed by atoms with E-state index in [1.165, 1.54) is 0 Å². The zero-order valence-corrected chi connectivity index (χ0v) is 9.96. The van der Waals surface area contributed by atoms with Crippen molar-refractivity contribution in [2.24, 2.45) is 0 Å². The molecule has 0 aromatic carbocycles. The quantitative estimate of drug-likeness (QED) is 0.774. The van der Waals surface area contributed by atoms with E-state index in [2.05, 4.69) is 41.4 Å². The average Bonchev–Trinajstić information content (AvgIpc) is 2.25. The summed E-state index contributed by atoms with van der Waals surface area (Å²) in [6, 6.07) is 0. The van der Waals surface area contributed by atoms with E-state index in [4.69, 9.17) is 0 Å². The average molecular weight is 208 g/mol. The first-order valence-electron chi connectivity index (χ1n) is 5.43. The minimum Gasteiger partial charge on any atom is -0.385 e. The molecule has 0 amide bonds. The van der Waals surface area contributed by atoms with Crippen molar-refractivity contribution in [3.63, 3.8) is 0 Å². The number of nitrogens with zero attached hydrogens (tertiary/aromatic N) is 2. The molecule has 0 fully saturated rings. The van der Waals surface area contributed by atoms with E-state index in [1.54, 1.807) is 0 Å². The van der Waals surface area contributed by atoms with E-state index < -0.39 is 0 Å². The van der Waals surface area contributed by atoms with Crippen LogP contribution in [-0.4, -0.2) is 23.6 Å². The standard InChI is InChI=1S/C11H20N4/c1-5-13-6-10-9(12-4)7-14-11(15-10)8(2)3/h7-8,12-13H,5-6H2,1-4H3. The lowest BCUT2D eigenvalue weighted by Crippen LogP contribution is -2.16. The molecule has 0 aliphatic heterocycles. The Bertz CT molecular complexity index is 309. The molecule has 0 aliphatic rings. The molecular formula is C11H20N4. The zero-order valence-electron chi connectivity index (χ0n) is 9.96. The van der Waals surface area contributed by atoms with E-state index in [-0.39, 0.29) is 0 Å². The van der Waals surface area contributed by atoms with Crippen LogP contribution in [0, 0.1) is 0 Å². The molecule has 1 heterocycles. The Morgan fingerprint density at radius 3 is 2.67 bits per heavy atom. The summed E-state index contributed by atoms with van der Waals surface area (Å²) >= 11 is 0. The third-order valence-electron chi connectivity index (χ3n) is 2.21. The highest BCUT2D eigenvalue weighted by molar-refractivity contribution is 5.45. The van der Waals surface area contributed by atoms with Crippen LogP contribution in [0.2, 0.25) is 0 Å². The fourth-order valence-electron chi connectivity index (χ4n) is 1.30. The van der Waals surface area contributed by atoms with Crippen LogP contribution in [0.4, 0.5) is 5.69 Å². The second-order valence-corrected chi connectivity index (χ2v) is 3.77. The summed E-state index contributed by atoms with van der Waals surface area (Å²) in [6.07, 6.45) is 1.86. The van der Waals surface area contributed by atoms with Gasteiger partial charge in [0.2, 0.25) is 0 Å². The van der Waals surface area contributed by atoms with Crippen molar-refractivity contribution in [3.8, 4) is 0 Å². The number of nitrogens with one attached hydrogen (secondary N) is 2. The van der Waals surface area contributed by atoms with Gasteiger partial charge in [0.25, 0.3) is 0 Å². The van der Waals surface area contributed by atoms with Crippen molar-refractivity contribution in [1.82, 2.24) is 15.3 Å². The van der Waals surface area contributed by atoms with Gasteiger partial charge >= 0.3 is 0 Å². The lowest BCUT2D eigenvalue weighted by atomic mass is 10.2. The normalized spacial score (nSPS) is 10.7. The van der Waals surface area contributed by atoms with Gasteiger partial charge in [-0.2, -0.15) is 0 Å². The summed E-state index contributed by atoms with van der Waals surface area (Å²) in [5.41, 5.74) is 2.04. The largest absolute Gasteiger partial charge is 0.385 e. The molecule has 2 N–H and O–H groups in total. The molecule has 4 nitrogen and oxygen atoms in total. The highest BCUT2D eigenvalue weighted by atomic mass is 15.0. The van der Waals surface area contributed by atoms with Crippen molar-refractivity contribution >= 4 is 5.69 Å². The third-order valence-corrected chi connectivity index (χ3v) is 2.21. The van der Waals surface area contributed by atoms with E-state index >= 15 is 0 Å². The molecule has 0 aliphatic carbocycles. The molecule has 1 aromatic rings. The van der Waals surface area contributed by atoms with Gasteiger partial charge in [0.1, 0.15) is 5.82 Å². The van der Waals surface area contributed by atoms with Crippen LogP contribution in [0.25, 0.3) is 0 Å². The topological polar surface area (TPSA) is 49.8 Å². The maximum absolute atomic E-state index is 4.54. The smallest absolute Gasteiger partial charge is 0.131 e. The minimum absolute atomic E-state index is 0.372. The maximum atomic E-state index is 4.54. The Hall–Kier alpha value is -1.16. The second-order valence-electron chi connectivity index (χ2n) is 3.77. The SMILES string of the molecule is CCNCc1nc(C(C)C)ncc1NC. The Kier molecular flexibility index (Phi) is 4.49. The first-order chi connectivity index (χ1) is 7.19. The van der Waals surface area contributed by atoms with Gasteiger partial charge in [0.05, 0.1) is 17.6 Å². The van der Waals surface area contributed by atoms with Crippen molar-refractivity contribution in [1.29, 1.82) is 0 Å². The summed E-state index contributed by atoms with van der Waals surface area (Å²) < 4.78 is 0. The Morgan fingerprint density at radius 1 is 1.40 bits per heavy atom. The van der Waals surface area contributed by atoms with Crippen molar-refractivity contribution in [2.75, 3.05) is 18.9 Å². The second kappa shape index (κ2) is 5.66. The molecule has 15 heavy (non-hydrogen) atoms. The van der Waals surface area contributed by atoms with Crippen molar-refractivity contribution in [2.45, 2.75) is 33.2 Å². The molecule has 0 saturated heterocycles. The van der Waals surface area contributed by atoms with Crippen LogP contribution in [0.5, 0.6) is 0 Å². The maximum Gasteiger partial charge on any atom is 0.131 e. The van der Waals surface area contributed by atoms with Crippen LogP contribution >= 0.6 is 0 Å². The summed E-state index contributed by atoms with van der Waals surface area (Å²) in [5, 5.41) is 6.38. The van der Waals surface area contributed by atoms with Gasteiger partial charge in [-0.1, -0.05) is 20.8 Å². The van der Waals surface area contributed by atoms with Crippen LogP contribution in [0.15, 0.2) is 6.20 Å². The van der Waals surface area contributed by atoms with Gasteiger partial charge in [-0.3, -0.25) is 0 Å². The number of aromatic nitrogens is 2. The lowest BCUT2D eigenvalue weighted by molar-refractivity contribution is 0.689. The molecule has 0 unspecified atom stereocenters. The number of hydrogen-bond donors (Lipinski definition) is 2.